The number of methoxy groups -OCH3 is 1. The zero-order chi connectivity index (χ0) is 35.7. The van der Waals surface area contributed by atoms with Crippen molar-refractivity contribution in [2.75, 3.05) is 32.1 Å². The van der Waals surface area contributed by atoms with Crippen molar-refractivity contribution >= 4 is 37.0 Å². The Bertz CT molecular complexity index is 1800. The maximum Gasteiger partial charge on any atom is 0.410 e. The molecule has 49 heavy (non-hydrogen) atoms. The Morgan fingerprint density at radius 3 is 2.53 bits per heavy atom. The molecule has 264 valence electrons. The van der Waals surface area contributed by atoms with Crippen molar-refractivity contribution in [2.24, 2.45) is 5.92 Å². The van der Waals surface area contributed by atoms with Gasteiger partial charge in [-0.25, -0.2) is 14.8 Å². The summed E-state index contributed by atoms with van der Waals surface area (Å²) >= 11 is 0. The third-order valence-electron chi connectivity index (χ3n) is 8.63. The number of hydrogen-bond donors (Lipinski definition) is 1. The van der Waals surface area contributed by atoms with Crippen LogP contribution < -0.4 is 5.32 Å². The van der Waals surface area contributed by atoms with Crippen LogP contribution in [0.4, 0.5) is 10.7 Å². The van der Waals surface area contributed by atoms with Crippen molar-refractivity contribution in [1.82, 2.24) is 24.6 Å². The van der Waals surface area contributed by atoms with Gasteiger partial charge in [0.15, 0.2) is 0 Å². The molecule has 0 radical (unpaired) electrons. The first-order valence-corrected chi connectivity index (χ1v) is 20.5. The maximum atomic E-state index is 13.0. The highest BCUT2D eigenvalue weighted by atomic mass is 28.3. The molecule has 1 fully saturated rings. The summed E-state index contributed by atoms with van der Waals surface area (Å²) in [5, 5.41) is 8.59. The van der Waals surface area contributed by atoms with Gasteiger partial charge in [0, 0.05) is 62.7 Å². The van der Waals surface area contributed by atoms with Gasteiger partial charge in [-0.1, -0.05) is 36.9 Å². The van der Waals surface area contributed by atoms with Crippen LogP contribution in [0, 0.1) is 26.7 Å². The predicted octanol–water partition coefficient (Wildman–Crippen LogP) is 7.20. The number of amides is 1. The number of carbonyl (C=O) groups is 2. The van der Waals surface area contributed by atoms with Gasteiger partial charge in [0.1, 0.15) is 18.1 Å². The van der Waals surface area contributed by atoms with Crippen LogP contribution in [-0.2, 0) is 25.7 Å². The molecule has 1 aromatic carbocycles. The number of rotatable bonds is 10. The monoisotopic (exact) mass is 690 g/mol. The summed E-state index contributed by atoms with van der Waals surface area (Å²) < 4.78 is 24.5. The van der Waals surface area contributed by atoms with Crippen molar-refractivity contribution in [1.29, 1.82) is 0 Å². The Hall–Kier alpha value is -4.23. The summed E-state index contributed by atoms with van der Waals surface area (Å²) in [6.07, 6.45) is 3.86. The molecule has 1 N–H and O–H groups in total. The fourth-order valence-corrected chi connectivity index (χ4v) is 6.92. The Kier molecular flexibility index (Phi) is 10.5. The van der Waals surface area contributed by atoms with Gasteiger partial charge in [0.05, 0.1) is 29.9 Å². The van der Waals surface area contributed by atoms with E-state index in [1.807, 2.05) is 41.5 Å². The molecule has 0 aliphatic carbocycles. The van der Waals surface area contributed by atoms with E-state index in [9.17, 15) is 9.59 Å². The van der Waals surface area contributed by atoms with Crippen LogP contribution in [0.2, 0.25) is 25.7 Å². The third kappa shape index (κ3) is 8.68. The van der Waals surface area contributed by atoms with E-state index in [1.54, 1.807) is 11.1 Å². The molecule has 4 heterocycles. The smallest absolute Gasteiger partial charge is 0.410 e. The Labute approximate surface area is 289 Å². The molecule has 1 aliphatic rings. The SMILES string of the molecule is COC(=O)[C@@H]1C[C@H](Nc2ncc(C)c(-c3cn(COCC[Si](C)(C)C)c4cc(-c5c(C)noc5C)ccc34)n2)CN(C(=O)OC(C)(C)C)C1. The van der Waals surface area contributed by atoms with Crippen molar-refractivity contribution in [3.63, 3.8) is 0 Å². The molecule has 1 aliphatic heterocycles. The number of ether oxygens (including phenoxy) is 3. The molecule has 3 aromatic heterocycles. The lowest BCUT2D eigenvalue weighted by atomic mass is 9.94. The van der Waals surface area contributed by atoms with Crippen LogP contribution in [0.15, 0.2) is 35.1 Å². The lowest BCUT2D eigenvalue weighted by molar-refractivity contribution is -0.147. The van der Waals surface area contributed by atoms with E-state index in [-0.39, 0.29) is 18.6 Å². The van der Waals surface area contributed by atoms with Crippen molar-refractivity contribution in [3.05, 3.63) is 47.6 Å². The number of carbonyl (C=O) groups excluding carboxylic acids is 2. The van der Waals surface area contributed by atoms with Gasteiger partial charge in [-0.2, -0.15) is 0 Å². The van der Waals surface area contributed by atoms with Crippen molar-refractivity contribution < 1.29 is 28.3 Å². The second-order valence-electron chi connectivity index (χ2n) is 15.2. The van der Waals surface area contributed by atoms with Crippen LogP contribution in [0.1, 0.15) is 44.2 Å². The Balaban J connectivity index is 1.48. The normalized spacial score (nSPS) is 17.0. The molecule has 5 rings (SSSR count). The lowest BCUT2D eigenvalue weighted by Crippen LogP contribution is -2.52. The minimum atomic E-state index is -1.25. The van der Waals surface area contributed by atoms with Crippen LogP contribution >= 0.6 is 0 Å². The highest BCUT2D eigenvalue weighted by Crippen LogP contribution is 2.36. The largest absolute Gasteiger partial charge is 0.469 e. The summed E-state index contributed by atoms with van der Waals surface area (Å²) in [5.41, 5.74) is 5.82. The zero-order valence-electron chi connectivity index (χ0n) is 30.5. The molecule has 0 spiro atoms. The molecule has 4 aromatic rings. The molecule has 2 atom stereocenters. The third-order valence-corrected chi connectivity index (χ3v) is 10.3. The predicted molar refractivity (Wildman–Crippen MR) is 192 cm³/mol. The van der Waals surface area contributed by atoms with E-state index < -0.39 is 25.7 Å². The second-order valence-corrected chi connectivity index (χ2v) is 20.8. The van der Waals surface area contributed by atoms with Gasteiger partial charge in [-0.05, 0) is 71.2 Å². The van der Waals surface area contributed by atoms with E-state index in [2.05, 4.69) is 64.1 Å². The van der Waals surface area contributed by atoms with E-state index in [0.717, 1.165) is 56.3 Å². The summed E-state index contributed by atoms with van der Waals surface area (Å²) in [5.74, 6) is 0.284. The summed E-state index contributed by atoms with van der Waals surface area (Å²) in [6.45, 7) is 20.0. The molecule has 1 amide bonds. The van der Waals surface area contributed by atoms with Crippen LogP contribution in [0.5, 0.6) is 0 Å². The Morgan fingerprint density at radius 1 is 1.12 bits per heavy atom. The molecular formula is C36H50N6O6Si. The minimum Gasteiger partial charge on any atom is -0.469 e. The first-order valence-electron chi connectivity index (χ1n) is 16.8. The molecule has 12 nitrogen and oxygen atoms in total. The minimum absolute atomic E-state index is 0.217. The van der Waals surface area contributed by atoms with Gasteiger partial charge in [0.25, 0.3) is 0 Å². The summed E-state index contributed by atoms with van der Waals surface area (Å²) in [6, 6.07) is 7.13. The lowest BCUT2D eigenvalue weighted by Gasteiger charge is -2.37. The summed E-state index contributed by atoms with van der Waals surface area (Å²) in [4.78, 5) is 36.8. The maximum absolute atomic E-state index is 13.0. The zero-order valence-corrected chi connectivity index (χ0v) is 31.5. The molecule has 0 saturated carbocycles. The topological polar surface area (TPSA) is 134 Å². The summed E-state index contributed by atoms with van der Waals surface area (Å²) in [7, 11) is 0.108. The average Bonchev–Trinajstić information content (AvgIpc) is 3.56. The first-order chi connectivity index (χ1) is 23.0. The van der Waals surface area contributed by atoms with Crippen LogP contribution in [0.3, 0.4) is 0 Å². The van der Waals surface area contributed by atoms with E-state index in [4.69, 9.17) is 23.7 Å². The number of fused-ring (bicyclic) bond motifs is 1. The Morgan fingerprint density at radius 2 is 1.88 bits per heavy atom. The number of nitrogens with zero attached hydrogens (tertiary/aromatic N) is 5. The fraction of sp³-hybridized carbons (Fsp3) is 0.528. The molecule has 0 bridgehead atoms. The number of piperidine rings is 1. The fourth-order valence-electron chi connectivity index (χ4n) is 6.16. The van der Waals surface area contributed by atoms with Crippen LogP contribution in [0.25, 0.3) is 33.3 Å². The molecule has 13 heteroatoms. The van der Waals surface area contributed by atoms with Crippen LogP contribution in [-0.4, -0.2) is 83.2 Å². The highest BCUT2D eigenvalue weighted by molar-refractivity contribution is 6.76. The van der Waals surface area contributed by atoms with Gasteiger partial charge >= 0.3 is 12.1 Å². The number of nitrogens with one attached hydrogen (secondary N) is 1. The highest BCUT2D eigenvalue weighted by Gasteiger charge is 2.36. The van der Waals surface area contributed by atoms with Gasteiger partial charge < -0.3 is 33.5 Å². The average molecular weight is 691 g/mol. The number of aryl methyl sites for hydroxylation is 3. The number of hydrogen-bond acceptors (Lipinski definition) is 10. The van der Waals surface area contributed by atoms with Gasteiger partial charge in [-0.3, -0.25) is 4.79 Å². The number of esters is 1. The standard InChI is InChI=1S/C36H50N6O6Si/c1-22-17-37-34(38-27-15-26(33(43)45-7)18-41(19-27)35(44)47-36(4,5)6)39-32(22)29-20-42(21-46-13-14-49(8,9)10)30-16-25(11-12-28(29)30)31-23(2)40-48-24(31)3/h11-12,16-17,20,26-27H,13-15,18-19,21H2,1-10H3,(H,37,38,39)/t26-,27+/m1/s1. The molecule has 1 saturated heterocycles. The van der Waals surface area contributed by atoms with E-state index in [1.165, 1.54) is 7.11 Å². The van der Waals surface area contributed by atoms with Crippen molar-refractivity contribution in [3.8, 4) is 22.4 Å². The number of likely N-dealkylation sites (tertiary alicyclic amines) is 1. The number of benzene rings is 1. The quantitative estimate of drug-likeness (QED) is 0.103. The number of anilines is 1. The van der Waals surface area contributed by atoms with E-state index >= 15 is 0 Å². The number of aromatic nitrogens is 4. The van der Waals surface area contributed by atoms with Gasteiger partial charge in [0.2, 0.25) is 5.95 Å². The van der Waals surface area contributed by atoms with Crippen molar-refractivity contribution in [2.45, 2.75) is 92.0 Å². The van der Waals surface area contributed by atoms with E-state index in [0.29, 0.717) is 32.3 Å². The molecule has 0 unspecified atom stereocenters. The first kappa shape index (κ1) is 36.1. The second kappa shape index (κ2) is 14.3. The molecular weight excluding hydrogens is 641 g/mol. The van der Waals surface area contributed by atoms with Gasteiger partial charge in [-0.15, -0.1) is 0 Å².